The summed E-state index contributed by atoms with van der Waals surface area (Å²) < 4.78 is 6.94. The Morgan fingerprint density at radius 2 is 1.76 bits per heavy atom. The summed E-state index contributed by atoms with van der Waals surface area (Å²) in [5.41, 5.74) is 3.74. The van der Waals surface area contributed by atoms with Crippen molar-refractivity contribution in [2.24, 2.45) is 0 Å². The van der Waals surface area contributed by atoms with E-state index in [-0.39, 0.29) is 0 Å². The van der Waals surface area contributed by atoms with E-state index in [1.54, 1.807) is 0 Å². The minimum atomic E-state index is 0.606. The Morgan fingerprint density at radius 1 is 1.05 bits per heavy atom. The number of benzene rings is 2. The lowest BCUT2D eigenvalue weighted by molar-refractivity contribution is 0.306. The van der Waals surface area contributed by atoms with Gasteiger partial charge in [-0.15, -0.1) is 0 Å². The van der Waals surface area contributed by atoms with Crippen LogP contribution in [0.2, 0.25) is 0 Å². The number of halogens is 1. The van der Waals surface area contributed by atoms with Gasteiger partial charge in [-0.05, 0) is 61.3 Å². The fourth-order valence-corrected chi connectivity index (χ4v) is 2.33. The highest BCUT2D eigenvalue weighted by molar-refractivity contribution is 9.10. The second kappa shape index (κ2) is 8.20. The van der Waals surface area contributed by atoms with Gasteiger partial charge in [-0.25, -0.2) is 0 Å². The van der Waals surface area contributed by atoms with Gasteiger partial charge >= 0.3 is 0 Å². The molecule has 0 aliphatic carbocycles. The molecule has 2 aromatic carbocycles. The molecule has 0 aliphatic rings. The lowest BCUT2D eigenvalue weighted by atomic mass is 10.1. The maximum absolute atomic E-state index is 5.83. The Balaban J connectivity index is 1.86. The smallest absolute Gasteiger partial charge is 0.120 e. The summed E-state index contributed by atoms with van der Waals surface area (Å²) in [6, 6.07) is 14.7. The molecule has 2 rings (SSSR count). The predicted octanol–water partition coefficient (Wildman–Crippen LogP) is 4.49. The maximum Gasteiger partial charge on any atom is 0.120 e. The SMILES string of the molecule is CCNCCc1ccc(COc2ccc(Br)c(C)c2)cc1. The molecule has 1 N–H and O–H groups in total. The van der Waals surface area contributed by atoms with Crippen LogP contribution in [0.25, 0.3) is 0 Å². The highest BCUT2D eigenvalue weighted by atomic mass is 79.9. The van der Waals surface area contributed by atoms with Gasteiger partial charge in [-0.2, -0.15) is 0 Å². The molecule has 21 heavy (non-hydrogen) atoms. The van der Waals surface area contributed by atoms with Gasteiger partial charge < -0.3 is 10.1 Å². The number of hydrogen-bond acceptors (Lipinski definition) is 2. The fourth-order valence-electron chi connectivity index (χ4n) is 2.09. The lowest BCUT2D eigenvalue weighted by Crippen LogP contribution is -2.15. The molecule has 0 aliphatic heterocycles. The van der Waals surface area contributed by atoms with Crippen LogP contribution in [0, 0.1) is 6.92 Å². The largest absolute Gasteiger partial charge is 0.489 e. The van der Waals surface area contributed by atoms with E-state index in [0.717, 1.165) is 29.7 Å². The molecule has 0 spiro atoms. The van der Waals surface area contributed by atoms with Crippen molar-refractivity contribution >= 4 is 15.9 Å². The minimum absolute atomic E-state index is 0.606. The third-order valence-electron chi connectivity index (χ3n) is 3.40. The molecule has 0 saturated heterocycles. The summed E-state index contributed by atoms with van der Waals surface area (Å²) in [5.74, 6) is 0.909. The molecule has 0 saturated carbocycles. The first kappa shape index (κ1) is 16.1. The van der Waals surface area contributed by atoms with Crippen molar-refractivity contribution in [2.45, 2.75) is 26.9 Å². The van der Waals surface area contributed by atoms with E-state index in [4.69, 9.17) is 4.74 Å². The summed E-state index contributed by atoms with van der Waals surface area (Å²) in [4.78, 5) is 0. The third kappa shape index (κ3) is 5.18. The monoisotopic (exact) mass is 347 g/mol. The maximum atomic E-state index is 5.83. The van der Waals surface area contributed by atoms with E-state index < -0.39 is 0 Å². The molecular weight excluding hydrogens is 326 g/mol. The highest BCUT2D eigenvalue weighted by Gasteiger charge is 2.00. The molecule has 3 heteroatoms. The Morgan fingerprint density at radius 3 is 2.43 bits per heavy atom. The van der Waals surface area contributed by atoms with E-state index in [1.807, 2.05) is 12.1 Å². The van der Waals surface area contributed by atoms with Gasteiger partial charge in [-0.3, -0.25) is 0 Å². The first-order valence-corrected chi connectivity index (χ1v) is 8.16. The lowest BCUT2D eigenvalue weighted by Gasteiger charge is -2.09. The van der Waals surface area contributed by atoms with Gasteiger partial charge in [0.15, 0.2) is 0 Å². The second-order valence-electron chi connectivity index (χ2n) is 5.12. The van der Waals surface area contributed by atoms with Crippen LogP contribution >= 0.6 is 15.9 Å². The Hall–Kier alpha value is -1.32. The van der Waals surface area contributed by atoms with Crippen LogP contribution in [-0.4, -0.2) is 13.1 Å². The zero-order valence-corrected chi connectivity index (χ0v) is 14.2. The van der Waals surface area contributed by atoms with Gasteiger partial charge in [0.2, 0.25) is 0 Å². The number of rotatable bonds is 7. The van der Waals surface area contributed by atoms with Gasteiger partial charge in [0.25, 0.3) is 0 Å². The van der Waals surface area contributed by atoms with Gasteiger partial charge in [0, 0.05) is 4.47 Å². The van der Waals surface area contributed by atoms with Crippen LogP contribution in [0.1, 0.15) is 23.6 Å². The summed E-state index contributed by atoms with van der Waals surface area (Å²) in [6.45, 7) is 6.86. The van der Waals surface area contributed by atoms with Crippen LogP contribution in [-0.2, 0) is 13.0 Å². The first-order chi connectivity index (χ1) is 10.2. The van der Waals surface area contributed by atoms with E-state index in [1.165, 1.54) is 16.7 Å². The van der Waals surface area contributed by atoms with E-state index in [9.17, 15) is 0 Å². The molecule has 112 valence electrons. The molecule has 0 radical (unpaired) electrons. The van der Waals surface area contributed by atoms with E-state index in [2.05, 4.69) is 65.4 Å². The molecule has 2 nitrogen and oxygen atoms in total. The average Bonchev–Trinajstić information content (AvgIpc) is 2.50. The molecule has 0 bridgehead atoms. The van der Waals surface area contributed by atoms with E-state index in [0.29, 0.717) is 6.61 Å². The summed E-state index contributed by atoms with van der Waals surface area (Å²) in [6.07, 6.45) is 1.07. The highest BCUT2D eigenvalue weighted by Crippen LogP contribution is 2.22. The molecule has 0 aromatic heterocycles. The topological polar surface area (TPSA) is 21.3 Å². The van der Waals surface area contributed by atoms with Crippen molar-refractivity contribution in [3.05, 3.63) is 63.6 Å². The number of aryl methyl sites for hydroxylation is 1. The van der Waals surface area contributed by atoms with Crippen molar-refractivity contribution < 1.29 is 4.74 Å². The zero-order valence-electron chi connectivity index (χ0n) is 12.7. The van der Waals surface area contributed by atoms with E-state index >= 15 is 0 Å². The van der Waals surface area contributed by atoms with Crippen molar-refractivity contribution in [3.8, 4) is 5.75 Å². The quantitative estimate of drug-likeness (QED) is 0.745. The zero-order chi connectivity index (χ0) is 15.1. The summed E-state index contributed by atoms with van der Waals surface area (Å²) in [5, 5.41) is 3.34. The second-order valence-corrected chi connectivity index (χ2v) is 5.97. The Labute approximate surface area is 135 Å². The van der Waals surface area contributed by atoms with Gasteiger partial charge in [-0.1, -0.05) is 47.1 Å². The van der Waals surface area contributed by atoms with Crippen LogP contribution < -0.4 is 10.1 Å². The summed E-state index contributed by atoms with van der Waals surface area (Å²) >= 11 is 3.50. The van der Waals surface area contributed by atoms with Crippen molar-refractivity contribution in [1.82, 2.24) is 5.32 Å². The average molecular weight is 348 g/mol. The van der Waals surface area contributed by atoms with Gasteiger partial charge in [0.1, 0.15) is 12.4 Å². The molecule has 0 atom stereocenters. The number of likely N-dealkylation sites (N-methyl/N-ethyl adjacent to an activating group) is 1. The predicted molar refractivity (Wildman–Crippen MR) is 91.9 cm³/mol. The van der Waals surface area contributed by atoms with Gasteiger partial charge in [0.05, 0.1) is 0 Å². The molecule has 2 aromatic rings. The Kier molecular flexibility index (Phi) is 6.27. The van der Waals surface area contributed by atoms with Crippen molar-refractivity contribution in [2.75, 3.05) is 13.1 Å². The molecular formula is C18H22BrNO. The van der Waals surface area contributed by atoms with Crippen LogP contribution in [0.5, 0.6) is 5.75 Å². The fraction of sp³-hybridized carbons (Fsp3) is 0.333. The molecule has 0 unspecified atom stereocenters. The minimum Gasteiger partial charge on any atom is -0.489 e. The molecule has 0 fully saturated rings. The first-order valence-electron chi connectivity index (χ1n) is 7.36. The normalized spacial score (nSPS) is 10.6. The standard InChI is InChI=1S/C18H22BrNO/c1-3-20-11-10-15-4-6-16(7-5-15)13-21-17-8-9-18(19)14(2)12-17/h4-9,12,20H,3,10-11,13H2,1-2H3. The van der Waals surface area contributed by atoms with Crippen LogP contribution in [0.15, 0.2) is 46.9 Å². The molecule has 0 heterocycles. The summed E-state index contributed by atoms with van der Waals surface area (Å²) in [7, 11) is 0. The number of nitrogens with one attached hydrogen (secondary N) is 1. The van der Waals surface area contributed by atoms with Crippen LogP contribution in [0.4, 0.5) is 0 Å². The van der Waals surface area contributed by atoms with Crippen molar-refractivity contribution in [3.63, 3.8) is 0 Å². The number of hydrogen-bond donors (Lipinski definition) is 1. The molecule has 0 amide bonds. The number of ether oxygens (including phenoxy) is 1. The van der Waals surface area contributed by atoms with Crippen molar-refractivity contribution in [1.29, 1.82) is 0 Å². The van der Waals surface area contributed by atoms with Crippen LogP contribution in [0.3, 0.4) is 0 Å². The Bertz CT molecular complexity index is 566. The third-order valence-corrected chi connectivity index (χ3v) is 4.29.